The van der Waals surface area contributed by atoms with Crippen molar-refractivity contribution in [2.24, 2.45) is 0 Å². The summed E-state index contributed by atoms with van der Waals surface area (Å²) in [6.45, 7) is 5.31. The molecule has 2 rings (SSSR count). The van der Waals surface area contributed by atoms with Crippen LogP contribution in [-0.4, -0.2) is 51.4 Å². The minimum Gasteiger partial charge on any atom is -0.497 e. The van der Waals surface area contributed by atoms with E-state index in [0.29, 0.717) is 11.3 Å². The molecule has 0 amide bonds. The van der Waals surface area contributed by atoms with Crippen molar-refractivity contribution in [2.75, 3.05) is 40.4 Å². The molecule has 1 N–H and O–H groups in total. The molecule has 5 heteroatoms. The molecule has 1 aromatic rings. The molecule has 1 saturated heterocycles. The second kappa shape index (κ2) is 7.02. The third-order valence-corrected chi connectivity index (χ3v) is 3.67. The summed E-state index contributed by atoms with van der Waals surface area (Å²) < 4.78 is 24.6. The zero-order chi connectivity index (χ0) is 14.5. The predicted octanol–water partition coefficient (Wildman–Crippen LogP) is 1.82. The van der Waals surface area contributed by atoms with E-state index in [9.17, 15) is 4.39 Å². The average molecular weight is 282 g/mol. The average Bonchev–Trinajstić information content (AvgIpc) is 2.44. The molecular formula is C15H23FN2O2. The zero-order valence-corrected chi connectivity index (χ0v) is 12.4. The minimum absolute atomic E-state index is 0.0586. The van der Waals surface area contributed by atoms with Gasteiger partial charge in [0.15, 0.2) is 0 Å². The van der Waals surface area contributed by atoms with E-state index in [-0.39, 0.29) is 18.0 Å². The molecule has 2 unspecified atom stereocenters. The van der Waals surface area contributed by atoms with Crippen LogP contribution in [0.5, 0.6) is 5.75 Å². The molecule has 1 aliphatic rings. The molecule has 2 atom stereocenters. The monoisotopic (exact) mass is 282 g/mol. The molecule has 1 fully saturated rings. The van der Waals surface area contributed by atoms with Gasteiger partial charge in [-0.1, -0.05) is 6.07 Å². The van der Waals surface area contributed by atoms with Gasteiger partial charge >= 0.3 is 0 Å². The number of methoxy groups -OCH3 is 1. The Balaban J connectivity index is 1.89. The van der Waals surface area contributed by atoms with Gasteiger partial charge in [0, 0.05) is 37.3 Å². The fraction of sp³-hybridized carbons (Fsp3) is 0.600. The number of hydrogen-bond acceptors (Lipinski definition) is 4. The van der Waals surface area contributed by atoms with Crippen LogP contribution in [0.3, 0.4) is 0 Å². The van der Waals surface area contributed by atoms with Gasteiger partial charge in [-0.05, 0) is 20.0 Å². The van der Waals surface area contributed by atoms with Crippen LogP contribution in [0.15, 0.2) is 18.2 Å². The molecule has 112 valence electrons. The summed E-state index contributed by atoms with van der Waals surface area (Å²) in [6.07, 6.45) is 0.164. The number of ether oxygens (including phenoxy) is 2. The molecule has 4 nitrogen and oxygen atoms in total. The Morgan fingerprint density at radius 2 is 2.35 bits per heavy atom. The lowest BCUT2D eigenvalue weighted by atomic mass is 10.1. The summed E-state index contributed by atoms with van der Waals surface area (Å²) in [5, 5.41) is 3.33. The van der Waals surface area contributed by atoms with E-state index in [1.54, 1.807) is 12.1 Å². The highest BCUT2D eigenvalue weighted by Crippen LogP contribution is 2.21. The second-order valence-electron chi connectivity index (χ2n) is 5.27. The van der Waals surface area contributed by atoms with Crippen molar-refractivity contribution in [3.8, 4) is 5.75 Å². The van der Waals surface area contributed by atoms with E-state index >= 15 is 0 Å². The Hall–Kier alpha value is -1.17. The third kappa shape index (κ3) is 3.91. The molecule has 0 bridgehead atoms. The van der Waals surface area contributed by atoms with E-state index in [1.807, 2.05) is 6.92 Å². The summed E-state index contributed by atoms with van der Waals surface area (Å²) >= 11 is 0. The Bertz CT molecular complexity index is 442. The van der Waals surface area contributed by atoms with Gasteiger partial charge in [-0.2, -0.15) is 0 Å². The number of rotatable bonds is 5. The first-order valence-corrected chi connectivity index (χ1v) is 6.97. The smallest absolute Gasteiger partial charge is 0.131 e. The quantitative estimate of drug-likeness (QED) is 0.893. The largest absolute Gasteiger partial charge is 0.497 e. The van der Waals surface area contributed by atoms with Crippen molar-refractivity contribution in [1.82, 2.24) is 10.2 Å². The van der Waals surface area contributed by atoms with Crippen LogP contribution in [0, 0.1) is 5.82 Å². The fourth-order valence-corrected chi connectivity index (χ4v) is 2.39. The van der Waals surface area contributed by atoms with Gasteiger partial charge < -0.3 is 19.7 Å². The molecule has 0 aliphatic carbocycles. The maximum absolute atomic E-state index is 14.0. The Labute approximate surface area is 119 Å². The highest BCUT2D eigenvalue weighted by Gasteiger charge is 2.19. The van der Waals surface area contributed by atoms with Gasteiger partial charge in [-0.15, -0.1) is 0 Å². The van der Waals surface area contributed by atoms with Gasteiger partial charge in [-0.3, -0.25) is 0 Å². The summed E-state index contributed by atoms with van der Waals surface area (Å²) in [4.78, 5) is 2.24. The van der Waals surface area contributed by atoms with E-state index in [1.165, 1.54) is 13.2 Å². The van der Waals surface area contributed by atoms with Gasteiger partial charge in [0.05, 0.1) is 19.8 Å². The number of benzene rings is 1. The molecule has 1 aliphatic heterocycles. The third-order valence-electron chi connectivity index (χ3n) is 3.67. The normalized spacial score (nSPS) is 21.7. The number of hydrogen-bond donors (Lipinski definition) is 1. The van der Waals surface area contributed by atoms with Crippen LogP contribution in [0.1, 0.15) is 18.5 Å². The number of likely N-dealkylation sites (N-methyl/N-ethyl adjacent to an activating group) is 1. The van der Waals surface area contributed by atoms with Crippen molar-refractivity contribution in [3.63, 3.8) is 0 Å². The van der Waals surface area contributed by atoms with Gasteiger partial charge in [0.2, 0.25) is 0 Å². The summed E-state index contributed by atoms with van der Waals surface area (Å²) in [7, 11) is 3.62. The lowest BCUT2D eigenvalue weighted by Gasteiger charge is -2.31. The van der Waals surface area contributed by atoms with E-state index in [2.05, 4.69) is 17.3 Å². The first kappa shape index (κ1) is 15.2. The van der Waals surface area contributed by atoms with Crippen molar-refractivity contribution >= 4 is 0 Å². The van der Waals surface area contributed by atoms with Crippen LogP contribution in [0.4, 0.5) is 4.39 Å². The maximum Gasteiger partial charge on any atom is 0.131 e. The highest BCUT2D eigenvalue weighted by molar-refractivity contribution is 5.30. The summed E-state index contributed by atoms with van der Waals surface area (Å²) in [5.74, 6) is 0.293. The van der Waals surface area contributed by atoms with E-state index < -0.39 is 0 Å². The highest BCUT2D eigenvalue weighted by atomic mass is 19.1. The van der Waals surface area contributed by atoms with Crippen LogP contribution in [0.2, 0.25) is 0 Å². The lowest BCUT2D eigenvalue weighted by molar-refractivity contribution is -0.0191. The van der Waals surface area contributed by atoms with Crippen molar-refractivity contribution < 1.29 is 13.9 Å². The van der Waals surface area contributed by atoms with E-state index in [0.717, 1.165) is 26.2 Å². The fourth-order valence-electron chi connectivity index (χ4n) is 2.39. The zero-order valence-electron chi connectivity index (χ0n) is 12.4. The first-order valence-electron chi connectivity index (χ1n) is 6.97. The summed E-state index contributed by atoms with van der Waals surface area (Å²) in [5.41, 5.74) is 0.648. The summed E-state index contributed by atoms with van der Waals surface area (Å²) in [6, 6.07) is 4.90. The molecule has 0 saturated carbocycles. The molecular weight excluding hydrogens is 259 g/mol. The van der Waals surface area contributed by atoms with Gasteiger partial charge in [0.25, 0.3) is 0 Å². The van der Waals surface area contributed by atoms with E-state index in [4.69, 9.17) is 9.47 Å². The van der Waals surface area contributed by atoms with Crippen LogP contribution in [0.25, 0.3) is 0 Å². The second-order valence-corrected chi connectivity index (χ2v) is 5.27. The van der Waals surface area contributed by atoms with Crippen LogP contribution >= 0.6 is 0 Å². The molecule has 0 spiro atoms. The minimum atomic E-state index is -0.244. The predicted molar refractivity (Wildman–Crippen MR) is 76.6 cm³/mol. The van der Waals surface area contributed by atoms with Crippen LogP contribution in [-0.2, 0) is 4.74 Å². The maximum atomic E-state index is 14.0. The van der Waals surface area contributed by atoms with Crippen molar-refractivity contribution in [3.05, 3.63) is 29.6 Å². The first-order chi connectivity index (χ1) is 9.60. The Morgan fingerprint density at radius 3 is 3.00 bits per heavy atom. The Morgan fingerprint density at radius 1 is 1.55 bits per heavy atom. The van der Waals surface area contributed by atoms with Gasteiger partial charge in [0.1, 0.15) is 11.6 Å². The standard InChI is InChI=1S/C15H23FN2O2/c1-11(14-5-4-12(19-3)8-15(14)16)17-9-13-10-18(2)6-7-20-13/h4-5,8,11,13,17H,6-7,9-10H2,1-3H3. The Kier molecular flexibility index (Phi) is 5.34. The molecule has 1 aromatic carbocycles. The number of nitrogens with one attached hydrogen (secondary N) is 1. The van der Waals surface area contributed by atoms with Crippen molar-refractivity contribution in [1.29, 1.82) is 0 Å². The number of halogens is 1. The topological polar surface area (TPSA) is 33.7 Å². The molecule has 1 heterocycles. The van der Waals surface area contributed by atoms with Crippen molar-refractivity contribution in [2.45, 2.75) is 19.1 Å². The molecule has 0 radical (unpaired) electrons. The number of morpholine rings is 1. The van der Waals surface area contributed by atoms with Crippen LogP contribution < -0.4 is 10.1 Å². The molecule has 20 heavy (non-hydrogen) atoms. The lowest BCUT2D eigenvalue weighted by Crippen LogP contribution is -2.45. The number of nitrogens with zero attached hydrogens (tertiary/aromatic N) is 1. The van der Waals surface area contributed by atoms with Gasteiger partial charge in [-0.25, -0.2) is 4.39 Å². The molecule has 0 aromatic heterocycles. The SMILES string of the molecule is COc1ccc(C(C)NCC2CN(C)CCO2)c(F)c1.